The summed E-state index contributed by atoms with van der Waals surface area (Å²) < 4.78 is 5.30. The number of carbonyl (C=O) groups is 1. The van der Waals surface area contributed by atoms with Crippen molar-refractivity contribution in [1.29, 1.82) is 0 Å². The Kier molecular flexibility index (Phi) is 3.46. The van der Waals surface area contributed by atoms with Gasteiger partial charge in [0.15, 0.2) is 5.69 Å². The smallest absolute Gasteiger partial charge is 0.356 e. The molecule has 5 heteroatoms. The number of nitrogens with zero attached hydrogens (tertiary/aromatic N) is 2. The lowest BCUT2D eigenvalue weighted by Gasteiger charge is -2.10. The Balaban J connectivity index is 2.44. The van der Waals surface area contributed by atoms with Gasteiger partial charge in [-0.15, -0.1) is 10.2 Å². The van der Waals surface area contributed by atoms with Crippen molar-refractivity contribution >= 4 is 5.97 Å². The number of methoxy groups -OCH3 is 1. The molecule has 1 aromatic heterocycles. The van der Waals surface area contributed by atoms with Gasteiger partial charge in [-0.2, -0.15) is 0 Å². The van der Waals surface area contributed by atoms with Crippen LogP contribution in [0.3, 0.4) is 0 Å². The van der Waals surface area contributed by atoms with Gasteiger partial charge in [0.2, 0.25) is 0 Å². The summed E-state index contributed by atoms with van der Waals surface area (Å²) in [6.07, 6.45) is 0. The van der Waals surface area contributed by atoms with Gasteiger partial charge < -0.3 is 9.84 Å². The predicted molar refractivity (Wildman–Crippen MR) is 70.5 cm³/mol. The fraction of sp³-hybridized carbons (Fsp3) is 0.214. The van der Waals surface area contributed by atoms with Crippen molar-refractivity contribution in [3.63, 3.8) is 0 Å². The molecule has 2 rings (SSSR count). The Morgan fingerprint density at radius 1 is 1.16 bits per heavy atom. The Morgan fingerprint density at radius 2 is 1.79 bits per heavy atom. The molecular formula is C14H14N2O3. The molecule has 98 valence electrons. The van der Waals surface area contributed by atoms with E-state index in [0.717, 1.165) is 22.4 Å². The second-order valence-corrected chi connectivity index (χ2v) is 4.25. The normalized spacial score (nSPS) is 10.3. The first kappa shape index (κ1) is 13.0. The number of aryl methyl sites for hydroxylation is 2. The average molecular weight is 258 g/mol. The van der Waals surface area contributed by atoms with E-state index >= 15 is 0 Å². The fourth-order valence-corrected chi connectivity index (χ4v) is 2.02. The van der Waals surface area contributed by atoms with E-state index in [2.05, 4.69) is 10.2 Å². The quantitative estimate of drug-likeness (QED) is 0.915. The van der Waals surface area contributed by atoms with Crippen LogP contribution >= 0.6 is 0 Å². The van der Waals surface area contributed by atoms with Crippen molar-refractivity contribution in [1.82, 2.24) is 10.2 Å². The van der Waals surface area contributed by atoms with Gasteiger partial charge in [0.1, 0.15) is 5.75 Å². The van der Waals surface area contributed by atoms with Crippen LogP contribution in [0.2, 0.25) is 0 Å². The van der Waals surface area contributed by atoms with E-state index < -0.39 is 5.97 Å². The lowest BCUT2D eigenvalue weighted by Crippen LogP contribution is -2.02. The maximum Gasteiger partial charge on any atom is 0.356 e. The number of hydrogen-bond acceptors (Lipinski definition) is 4. The van der Waals surface area contributed by atoms with Gasteiger partial charge in [-0.05, 0) is 49.2 Å². The van der Waals surface area contributed by atoms with Crippen LogP contribution in [0, 0.1) is 13.8 Å². The summed E-state index contributed by atoms with van der Waals surface area (Å²) in [7, 11) is 1.64. The van der Waals surface area contributed by atoms with Crippen molar-refractivity contribution in [3.8, 4) is 17.0 Å². The van der Waals surface area contributed by atoms with Crippen LogP contribution in [0.4, 0.5) is 0 Å². The topological polar surface area (TPSA) is 72.3 Å². The first-order valence-corrected chi connectivity index (χ1v) is 5.75. The number of rotatable bonds is 3. The monoisotopic (exact) mass is 258 g/mol. The van der Waals surface area contributed by atoms with E-state index in [1.807, 2.05) is 26.0 Å². The van der Waals surface area contributed by atoms with Gasteiger partial charge in [-0.3, -0.25) is 0 Å². The molecule has 0 aliphatic heterocycles. The van der Waals surface area contributed by atoms with E-state index in [-0.39, 0.29) is 5.69 Å². The molecule has 1 N–H and O–H groups in total. The van der Waals surface area contributed by atoms with E-state index in [1.165, 1.54) is 6.07 Å². The standard InChI is InChI=1S/C14H14N2O3/c1-8-6-10(7-9(2)13(8)19-3)11-4-5-12(14(17)18)16-15-11/h4-7H,1-3H3,(H,17,18). The summed E-state index contributed by atoms with van der Waals surface area (Å²) in [5, 5.41) is 16.4. The fourth-order valence-electron chi connectivity index (χ4n) is 2.02. The molecular weight excluding hydrogens is 244 g/mol. The molecule has 0 aliphatic carbocycles. The van der Waals surface area contributed by atoms with Crippen molar-refractivity contribution < 1.29 is 14.6 Å². The van der Waals surface area contributed by atoms with E-state index in [1.54, 1.807) is 13.2 Å². The highest BCUT2D eigenvalue weighted by molar-refractivity contribution is 5.85. The molecule has 0 bridgehead atoms. The summed E-state index contributed by atoms with van der Waals surface area (Å²) in [6, 6.07) is 6.98. The zero-order valence-corrected chi connectivity index (χ0v) is 11.0. The number of aromatic nitrogens is 2. The Morgan fingerprint density at radius 3 is 2.21 bits per heavy atom. The summed E-state index contributed by atoms with van der Waals surface area (Å²) >= 11 is 0. The largest absolute Gasteiger partial charge is 0.496 e. The second-order valence-electron chi connectivity index (χ2n) is 4.25. The lowest BCUT2D eigenvalue weighted by atomic mass is 10.0. The molecule has 1 heterocycles. The van der Waals surface area contributed by atoms with Crippen molar-refractivity contribution in [2.75, 3.05) is 7.11 Å². The number of hydrogen-bond donors (Lipinski definition) is 1. The minimum absolute atomic E-state index is 0.0642. The third kappa shape index (κ3) is 2.54. The zero-order chi connectivity index (χ0) is 14.0. The lowest BCUT2D eigenvalue weighted by molar-refractivity contribution is 0.0689. The van der Waals surface area contributed by atoms with Gasteiger partial charge in [0.05, 0.1) is 12.8 Å². The van der Waals surface area contributed by atoms with Crippen LogP contribution in [0.25, 0.3) is 11.3 Å². The summed E-state index contributed by atoms with van der Waals surface area (Å²) in [6.45, 7) is 3.91. The Labute approximate surface area is 110 Å². The molecule has 0 unspecified atom stereocenters. The highest BCUT2D eigenvalue weighted by atomic mass is 16.5. The Bertz CT molecular complexity index is 598. The summed E-state index contributed by atoms with van der Waals surface area (Å²) in [4.78, 5) is 10.7. The molecule has 0 fully saturated rings. The van der Waals surface area contributed by atoms with Crippen LogP contribution in [-0.4, -0.2) is 28.4 Å². The third-order valence-corrected chi connectivity index (χ3v) is 2.84. The molecule has 0 spiro atoms. The van der Waals surface area contributed by atoms with E-state index in [4.69, 9.17) is 9.84 Å². The van der Waals surface area contributed by atoms with Gasteiger partial charge in [0, 0.05) is 5.56 Å². The third-order valence-electron chi connectivity index (χ3n) is 2.84. The summed E-state index contributed by atoms with van der Waals surface area (Å²) in [5.41, 5.74) is 3.47. The predicted octanol–water partition coefficient (Wildman–Crippen LogP) is 2.47. The molecule has 0 aliphatic rings. The average Bonchev–Trinajstić information content (AvgIpc) is 2.38. The Hall–Kier alpha value is -2.43. The van der Waals surface area contributed by atoms with Gasteiger partial charge in [-0.25, -0.2) is 4.79 Å². The first-order chi connectivity index (χ1) is 9.02. The molecule has 5 nitrogen and oxygen atoms in total. The number of aromatic carboxylic acids is 1. The number of carboxylic acid groups (broad SMARTS) is 1. The van der Waals surface area contributed by atoms with Gasteiger partial charge in [0.25, 0.3) is 0 Å². The molecule has 0 saturated heterocycles. The second kappa shape index (κ2) is 5.06. The van der Waals surface area contributed by atoms with E-state index in [9.17, 15) is 4.79 Å². The van der Waals surface area contributed by atoms with Crippen LogP contribution in [0.5, 0.6) is 5.75 Å². The van der Waals surface area contributed by atoms with Crippen LogP contribution in [-0.2, 0) is 0 Å². The highest BCUT2D eigenvalue weighted by Crippen LogP contribution is 2.28. The molecule has 0 saturated carbocycles. The van der Waals surface area contributed by atoms with E-state index in [0.29, 0.717) is 5.69 Å². The molecule has 0 radical (unpaired) electrons. The number of carboxylic acids is 1. The minimum Gasteiger partial charge on any atom is -0.496 e. The molecule has 2 aromatic rings. The number of benzene rings is 1. The molecule has 1 aromatic carbocycles. The summed E-state index contributed by atoms with van der Waals surface area (Å²) in [5.74, 6) is -0.236. The van der Waals surface area contributed by atoms with Crippen molar-refractivity contribution in [2.45, 2.75) is 13.8 Å². The molecule has 0 amide bonds. The SMILES string of the molecule is COc1c(C)cc(-c2ccc(C(=O)O)nn2)cc1C. The number of ether oxygens (including phenoxy) is 1. The van der Waals surface area contributed by atoms with Crippen LogP contribution < -0.4 is 4.74 Å². The molecule has 0 atom stereocenters. The van der Waals surface area contributed by atoms with Crippen LogP contribution in [0.15, 0.2) is 24.3 Å². The van der Waals surface area contributed by atoms with Crippen molar-refractivity contribution in [3.05, 3.63) is 41.1 Å². The maximum absolute atomic E-state index is 10.7. The zero-order valence-electron chi connectivity index (χ0n) is 11.0. The maximum atomic E-state index is 10.7. The van der Waals surface area contributed by atoms with Gasteiger partial charge >= 0.3 is 5.97 Å². The van der Waals surface area contributed by atoms with Gasteiger partial charge in [-0.1, -0.05) is 0 Å². The van der Waals surface area contributed by atoms with Crippen molar-refractivity contribution in [2.24, 2.45) is 0 Å². The highest BCUT2D eigenvalue weighted by Gasteiger charge is 2.10. The minimum atomic E-state index is -1.08. The van der Waals surface area contributed by atoms with Crippen LogP contribution in [0.1, 0.15) is 21.6 Å². The first-order valence-electron chi connectivity index (χ1n) is 5.75. The molecule has 19 heavy (non-hydrogen) atoms.